The maximum Gasteiger partial charge on any atom is 0.239 e. The van der Waals surface area contributed by atoms with E-state index in [4.69, 9.17) is 5.73 Å². The highest BCUT2D eigenvalue weighted by Crippen LogP contribution is 2.24. The number of carbonyl (C=O) groups is 2. The van der Waals surface area contributed by atoms with Gasteiger partial charge in [0.1, 0.15) is 5.82 Å². The summed E-state index contributed by atoms with van der Waals surface area (Å²) in [4.78, 5) is 30.0. The molecule has 140 valence electrons. The van der Waals surface area contributed by atoms with Crippen LogP contribution in [0.2, 0.25) is 0 Å². The number of nitrogens with zero attached hydrogens (tertiary/aromatic N) is 2. The molecule has 1 aromatic rings. The molecule has 2 amide bonds. The average Bonchev–Trinajstić information content (AvgIpc) is 2.55. The Morgan fingerprint density at radius 3 is 2.76 bits per heavy atom. The summed E-state index contributed by atoms with van der Waals surface area (Å²) in [5, 5.41) is 5.70. The van der Waals surface area contributed by atoms with E-state index in [9.17, 15) is 9.59 Å². The average molecular weight is 390 g/mol. The number of pyridine rings is 1. The number of amides is 2. The number of rotatable bonds is 3. The minimum Gasteiger partial charge on any atom is -0.353 e. The number of aromatic nitrogens is 1. The van der Waals surface area contributed by atoms with E-state index in [2.05, 4.69) is 15.6 Å². The molecule has 7 nitrogen and oxygen atoms in total. The van der Waals surface area contributed by atoms with E-state index in [0.717, 1.165) is 38.0 Å². The lowest BCUT2D eigenvalue weighted by molar-refractivity contribution is -0.121. The first-order valence-electron chi connectivity index (χ1n) is 8.16. The number of hydrogen-bond donors (Lipinski definition) is 3. The smallest absolute Gasteiger partial charge is 0.239 e. The fourth-order valence-corrected chi connectivity index (χ4v) is 3.19. The van der Waals surface area contributed by atoms with E-state index in [0.29, 0.717) is 18.8 Å². The second-order valence-corrected chi connectivity index (χ2v) is 6.29. The molecule has 3 rings (SSSR count). The molecule has 1 aliphatic heterocycles. The predicted molar refractivity (Wildman–Crippen MR) is 103 cm³/mol. The quantitative estimate of drug-likeness (QED) is 0.723. The van der Waals surface area contributed by atoms with Crippen molar-refractivity contribution >= 4 is 48.1 Å². The molecule has 2 heterocycles. The zero-order valence-electron chi connectivity index (χ0n) is 13.9. The Balaban J connectivity index is 0.00000156. The van der Waals surface area contributed by atoms with Crippen molar-refractivity contribution < 1.29 is 9.59 Å². The van der Waals surface area contributed by atoms with Gasteiger partial charge in [-0.15, -0.1) is 24.8 Å². The van der Waals surface area contributed by atoms with Crippen LogP contribution in [-0.2, 0) is 9.59 Å². The Bertz CT molecular complexity index is 584. The summed E-state index contributed by atoms with van der Waals surface area (Å²) < 4.78 is 0. The highest BCUT2D eigenvalue weighted by Gasteiger charge is 2.25. The van der Waals surface area contributed by atoms with Gasteiger partial charge in [-0.25, -0.2) is 4.98 Å². The van der Waals surface area contributed by atoms with Crippen LogP contribution in [0.25, 0.3) is 0 Å². The molecule has 1 saturated carbocycles. The van der Waals surface area contributed by atoms with Crippen LogP contribution in [0.1, 0.15) is 25.7 Å². The van der Waals surface area contributed by atoms with Gasteiger partial charge in [0.2, 0.25) is 11.8 Å². The van der Waals surface area contributed by atoms with Crippen molar-refractivity contribution in [2.75, 3.05) is 29.9 Å². The summed E-state index contributed by atoms with van der Waals surface area (Å²) in [7, 11) is 0. The SMILES string of the molecule is Cl.Cl.NC1CCCC(C(=O)Nc2ccc(N3CCNC(=O)C3)nc2)C1. The third-order valence-corrected chi connectivity index (χ3v) is 4.46. The van der Waals surface area contributed by atoms with Crippen molar-refractivity contribution in [2.24, 2.45) is 11.7 Å². The highest BCUT2D eigenvalue weighted by molar-refractivity contribution is 5.92. The summed E-state index contributed by atoms with van der Waals surface area (Å²) in [6, 6.07) is 3.79. The molecule has 2 aliphatic rings. The molecule has 25 heavy (non-hydrogen) atoms. The standard InChI is InChI=1S/C16H23N5O2.2ClH/c17-12-3-1-2-11(8-12)16(23)20-13-4-5-14(19-9-13)21-7-6-18-15(22)10-21;;/h4-5,9,11-12H,1-3,6-8,10,17H2,(H,18,22)(H,20,23);2*1H. The normalized spacial score (nSPS) is 22.9. The molecule has 1 aliphatic carbocycles. The minimum atomic E-state index is -0.00998. The highest BCUT2D eigenvalue weighted by atomic mass is 35.5. The van der Waals surface area contributed by atoms with Crippen molar-refractivity contribution in [3.05, 3.63) is 18.3 Å². The molecule has 2 fully saturated rings. The Labute approximate surface area is 159 Å². The zero-order valence-corrected chi connectivity index (χ0v) is 15.6. The van der Waals surface area contributed by atoms with Gasteiger partial charge in [-0.3, -0.25) is 9.59 Å². The predicted octanol–water partition coefficient (Wildman–Crippen LogP) is 1.32. The van der Waals surface area contributed by atoms with Crippen LogP contribution < -0.4 is 21.3 Å². The van der Waals surface area contributed by atoms with Crippen molar-refractivity contribution in [1.82, 2.24) is 10.3 Å². The first-order chi connectivity index (χ1) is 11.1. The third kappa shape index (κ3) is 5.73. The maximum absolute atomic E-state index is 12.3. The van der Waals surface area contributed by atoms with Gasteiger partial charge in [0.25, 0.3) is 0 Å². The fourth-order valence-electron chi connectivity index (χ4n) is 3.19. The van der Waals surface area contributed by atoms with E-state index in [1.165, 1.54) is 0 Å². The lowest BCUT2D eigenvalue weighted by atomic mass is 9.85. The summed E-state index contributed by atoms with van der Waals surface area (Å²) in [5.41, 5.74) is 6.62. The lowest BCUT2D eigenvalue weighted by Crippen LogP contribution is -2.48. The number of nitrogens with one attached hydrogen (secondary N) is 2. The first kappa shape index (κ1) is 21.5. The Kier molecular flexibility index (Phi) is 8.41. The second-order valence-electron chi connectivity index (χ2n) is 6.29. The third-order valence-electron chi connectivity index (χ3n) is 4.46. The summed E-state index contributed by atoms with van der Waals surface area (Å²) in [5.74, 6) is 0.762. The molecule has 0 spiro atoms. The molecule has 4 N–H and O–H groups in total. The van der Waals surface area contributed by atoms with Crippen LogP contribution in [0.3, 0.4) is 0 Å². The van der Waals surface area contributed by atoms with Gasteiger partial charge in [0.15, 0.2) is 0 Å². The molecule has 1 saturated heterocycles. The number of halogens is 2. The van der Waals surface area contributed by atoms with Gasteiger partial charge in [-0.05, 0) is 31.4 Å². The van der Waals surface area contributed by atoms with Crippen LogP contribution in [0.5, 0.6) is 0 Å². The summed E-state index contributed by atoms with van der Waals surface area (Å²) >= 11 is 0. The fraction of sp³-hybridized carbons (Fsp3) is 0.562. The molecular weight excluding hydrogens is 365 g/mol. The van der Waals surface area contributed by atoms with Crippen LogP contribution in [0, 0.1) is 5.92 Å². The van der Waals surface area contributed by atoms with Gasteiger partial charge < -0.3 is 21.3 Å². The van der Waals surface area contributed by atoms with Gasteiger partial charge in [-0.1, -0.05) is 6.42 Å². The Morgan fingerprint density at radius 2 is 2.12 bits per heavy atom. The largest absolute Gasteiger partial charge is 0.353 e. The monoisotopic (exact) mass is 389 g/mol. The van der Waals surface area contributed by atoms with Gasteiger partial charge in [0.05, 0.1) is 18.4 Å². The Hall–Kier alpha value is -1.57. The molecular formula is C16H25Cl2N5O2. The Morgan fingerprint density at radius 1 is 1.32 bits per heavy atom. The van der Waals surface area contributed by atoms with E-state index in [-0.39, 0.29) is 48.6 Å². The minimum absolute atomic E-state index is 0. The molecule has 2 unspecified atom stereocenters. The second kappa shape index (κ2) is 9.79. The number of anilines is 2. The molecule has 0 bridgehead atoms. The van der Waals surface area contributed by atoms with Crippen molar-refractivity contribution in [3.8, 4) is 0 Å². The van der Waals surface area contributed by atoms with Crippen LogP contribution in [0.15, 0.2) is 18.3 Å². The van der Waals surface area contributed by atoms with Crippen molar-refractivity contribution in [3.63, 3.8) is 0 Å². The van der Waals surface area contributed by atoms with Gasteiger partial charge >= 0.3 is 0 Å². The molecule has 1 aromatic heterocycles. The van der Waals surface area contributed by atoms with E-state index >= 15 is 0 Å². The topological polar surface area (TPSA) is 100 Å². The van der Waals surface area contributed by atoms with Crippen LogP contribution >= 0.6 is 24.8 Å². The maximum atomic E-state index is 12.3. The van der Waals surface area contributed by atoms with E-state index in [1.54, 1.807) is 6.20 Å². The van der Waals surface area contributed by atoms with E-state index < -0.39 is 0 Å². The lowest BCUT2D eigenvalue weighted by Gasteiger charge is -2.28. The molecule has 0 radical (unpaired) electrons. The number of carbonyl (C=O) groups excluding carboxylic acids is 2. The van der Waals surface area contributed by atoms with Crippen LogP contribution in [0.4, 0.5) is 11.5 Å². The summed E-state index contributed by atoms with van der Waals surface area (Å²) in [6.07, 6.45) is 5.30. The zero-order chi connectivity index (χ0) is 16.2. The first-order valence-corrected chi connectivity index (χ1v) is 8.16. The summed E-state index contributed by atoms with van der Waals surface area (Å²) in [6.45, 7) is 1.68. The van der Waals surface area contributed by atoms with Crippen molar-refractivity contribution in [1.29, 1.82) is 0 Å². The van der Waals surface area contributed by atoms with Gasteiger partial charge in [-0.2, -0.15) is 0 Å². The van der Waals surface area contributed by atoms with Gasteiger partial charge in [0, 0.05) is 25.0 Å². The van der Waals surface area contributed by atoms with Crippen LogP contribution in [-0.4, -0.2) is 42.5 Å². The molecule has 2 atom stereocenters. The number of nitrogens with two attached hydrogens (primary N) is 1. The number of hydrogen-bond acceptors (Lipinski definition) is 5. The number of piperazine rings is 1. The van der Waals surface area contributed by atoms with E-state index in [1.807, 2.05) is 17.0 Å². The molecule has 9 heteroatoms. The molecule has 0 aromatic carbocycles. The van der Waals surface area contributed by atoms with Crippen molar-refractivity contribution in [2.45, 2.75) is 31.7 Å².